The molecule has 0 unspecified atom stereocenters. The fourth-order valence-corrected chi connectivity index (χ4v) is 3.58. The van der Waals surface area contributed by atoms with E-state index in [2.05, 4.69) is 31.8 Å². The van der Waals surface area contributed by atoms with E-state index in [-0.39, 0.29) is 17.6 Å². The number of hydrazone groups is 1. The number of hydrogen-bond acceptors (Lipinski definition) is 5. The van der Waals surface area contributed by atoms with E-state index in [1.807, 2.05) is 37.3 Å². The van der Waals surface area contributed by atoms with Gasteiger partial charge in [-0.1, -0.05) is 46.3 Å². The van der Waals surface area contributed by atoms with Gasteiger partial charge >= 0.3 is 0 Å². The molecule has 1 fully saturated rings. The second kappa shape index (κ2) is 8.88. The minimum Gasteiger partial charge on any atom is -0.504 e. The number of carbonyl (C=O) groups excluding carboxylic acids is 2. The lowest BCUT2D eigenvalue weighted by atomic mass is 9.88. The van der Waals surface area contributed by atoms with Crippen LogP contribution in [-0.4, -0.2) is 36.3 Å². The van der Waals surface area contributed by atoms with Gasteiger partial charge in [-0.3, -0.25) is 9.59 Å². The molecule has 8 heteroatoms. The fraction of sp³-hybridized carbons (Fsp3) is 0.250. The van der Waals surface area contributed by atoms with Crippen molar-refractivity contribution in [3.05, 3.63) is 58.1 Å². The van der Waals surface area contributed by atoms with E-state index in [1.165, 1.54) is 6.21 Å². The Balaban J connectivity index is 1.73. The Morgan fingerprint density at radius 2 is 2.14 bits per heavy atom. The second-order valence-electron chi connectivity index (χ2n) is 6.25. The number of nitrogens with zero attached hydrogens (tertiary/aromatic N) is 1. The van der Waals surface area contributed by atoms with Gasteiger partial charge in [0.25, 0.3) is 5.91 Å². The molecule has 2 aromatic rings. The van der Waals surface area contributed by atoms with E-state index in [4.69, 9.17) is 4.74 Å². The summed E-state index contributed by atoms with van der Waals surface area (Å²) in [7, 11) is 0. The van der Waals surface area contributed by atoms with Gasteiger partial charge in [0.2, 0.25) is 5.91 Å². The summed E-state index contributed by atoms with van der Waals surface area (Å²) in [6.45, 7) is 2.61. The van der Waals surface area contributed by atoms with Crippen molar-refractivity contribution < 1.29 is 19.4 Å². The summed E-state index contributed by atoms with van der Waals surface area (Å²) in [6.07, 6.45) is 1.31. The molecule has 0 aliphatic carbocycles. The van der Waals surface area contributed by atoms with E-state index in [9.17, 15) is 14.7 Å². The van der Waals surface area contributed by atoms with Gasteiger partial charge in [0.15, 0.2) is 11.5 Å². The summed E-state index contributed by atoms with van der Waals surface area (Å²) >= 11 is 3.34. The normalized spacial score (nSPS) is 18.9. The van der Waals surface area contributed by atoms with Crippen LogP contribution in [-0.2, 0) is 9.59 Å². The van der Waals surface area contributed by atoms with E-state index < -0.39 is 11.8 Å². The van der Waals surface area contributed by atoms with Gasteiger partial charge in [0, 0.05) is 22.5 Å². The zero-order valence-corrected chi connectivity index (χ0v) is 16.8. The van der Waals surface area contributed by atoms with Gasteiger partial charge < -0.3 is 15.2 Å². The highest BCUT2D eigenvalue weighted by Crippen LogP contribution is 2.33. The van der Waals surface area contributed by atoms with Crippen molar-refractivity contribution in [1.29, 1.82) is 0 Å². The first-order valence-electron chi connectivity index (χ1n) is 8.82. The predicted octanol–water partition coefficient (Wildman–Crippen LogP) is 2.53. The Kier molecular flexibility index (Phi) is 6.30. The van der Waals surface area contributed by atoms with Crippen molar-refractivity contribution in [2.24, 2.45) is 11.0 Å². The molecule has 2 amide bonds. The molecule has 146 valence electrons. The first kappa shape index (κ1) is 19.9. The highest BCUT2D eigenvalue weighted by molar-refractivity contribution is 9.10. The molecule has 1 saturated heterocycles. The third-order valence-electron chi connectivity index (χ3n) is 4.44. The lowest BCUT2D eigenvalue weighted by molar-refractivity contribution is -0.133. The molecule has 0 spiro atoms. The monoisotopic (exact) mass is 445 g/mol. The van der Waals surface area contributed by atoms with Crippen LogP contribution in [0, 0.1) is 5.92 Å². The predicted molar refractivity (Wildman–Crippen MR) is 108 cm³/mol. The van der Waals surface area contributed by atoms with E-state index in [0.29, 0.717) is 28.9 Å². The number of halogens is 1. The maximum absolute atomic E-state index is 12.6. The van der Waals surface area contributed by atoms with Crippen LogP contribution in [0.15, 0.2) is 52.0 Å². The van der Waals surface area contributed by atoms with Gasteiger partial charge in [-0.05, 0) is 24.6 Å². The molecule has 2 atom stereocenters. The van der Waals surface area contributed by atoms with Gasteiger partial charge in [-0.25, -0.2) is 5.43 Å². The van der Waals surface area contributed by atoms with E-state index in [0.717, 1.165) is 5.56 Å². The molecule has 28 heavy (non-hydrogen) atoms. The number of phenols is 1. The third kappa shape index (κ3) is 4.33. The van der Waals surface area contributed by atoms with Crippen LogP contribution in [0.25, 0.3) is 0 Å². The number of hydrogen-bond donors (Lipinski definition) is 3. The molecule has 0 aromatic heterocycles. The summed E-state index contributed by atoms with van der Waals surface area (Å²) in [6, 6.07) is 12.7. The molecular weight excluding hydrogens is 426 g/mol. The zero-order chi connectivity index (χ0) is 20.1. The molecule has 0 bridgehead atoms. The standard InChI is InChI=1S/C20H20BrN3O4/c1-2-28-16-9-14(21)8-13(18(16)25)10-23-24-20(27)17-15(11-22-19(17)26)12-6-4-3-5-7-12/h3-10,15,17,25H,2,11H2,1H3,(H,22,26)(H,24,27)/b23-10+/t15-,17-/m0/s1. The van der Waals surface area contributed by atoms with Crippen LogP contribution < -0.4 is 15.5 Å². The van der Waals surface area contributed by atoms with Gasteiger partial charge in [0.05, 0.1) is 12.8 Å². The Bertz CT molecular complexity index is 902. The topological polar surface area (TPSA) is 100 Å². The van der Waals surface area contributed by atoms with Gasteiger partial charge in [-0.2, -0.15) is 5.10 Å². The first-order valence-corrected chi connectivity index (χ1v) is 9.61. The van der Waals surface area contributed by atoms with Crippen LogP contribution in [0.1, 0.15) is 24.0 Å². The van der Waals surface area contributed by atoms with E-state index in [1.54, 1.807) is 12.1 Å². The van der Waals surface area contributed by atoms with E-state index >= 15 is 0 Å². The molecule has 3 N–H and O–H groups in total. The van der Waals surface area contributed by atoms with Gasteiger partial charge in [-0.15, -0.1) is 0 Å². The van der Waals surface area contributed by atoms with Crippen molar-refractivity contribution in [2.45, 2.75) is 12.8 Å². The average Bonchev–Trinajstić information content (AvgIpc) is 3.07. The minimum atomic E-state index is -0.866. The molecule has 0 saturated carbocycles. The number of rotatable bonds is 6. The maximum Gasteiger partial charge on any atom is 0.253 e. The number of nitrogens with one attached hydrogen (secondary N) is 2. The number of carbonyl (C=O) groups is 2. The Hall–Kier alpha value is -2.87. The summed E-state index contributed by atoms with van der Waals surface area (Å²) < 4.78 is 6.06. The van der Waals surface area contributed by atoms with Crippen molar-refractivity contribution in [1.82, 2.24) is 10.7 Å². The van der Waals surface area contributed by atoms with Crippen molar-refractivity contribution >= 4 is 34.0 Å². The quantitative estimate of drug-likeness (QED) is 0.361. The lowest BCUT2D eigenvalue weighted by Gasteiger charge is -2.15. The summed E-state index contributed by atoms with van der Waals surface area (Å²) in [5, 5.41) is 16.9. The Labute approximate surface area is 170 Å². The molecule has 7 nitrogen and oxygen atoms in total. The molecule has 0 radical (unpaired) electrons. The molecule has 3 rings (SSSR count). The molecule has 1 aliphatic rings. The number of ether oxygens (including phenoxy) is 1. The molecule has 2 aromatic carbocycles. The second-order valence-corrected chi connectivity index (χ2v) is 7.16. The number of phenolic OH excluding ortho intramolecular Hbond substituents is 1. The Morgan fingerprint density at radius 1 is 1.39 bits per heavy atom. The van der Waals surface area contributed by atoms with Crippen molar-refractivity contribution in [3.63, 3.8) is 0 Å². The number of aromatic hydroxyl groups is 1. The third-order valence-corrected chi connectivity index (χ3v) is 4.90. The summed E-state index contributed by atoms with van der Waals surface area (Å²) in [5.74, 6) is -1.72. The van der Waals surface area contributed by atoms with Crippen LogP contribution in [0.4, 0.5) is 0 Å². The molecule has 1 heterocycles. The van der Waals surface area contributed by atoms with Crippen LogP contribution in [0.5, 0.6) is 11.5 Å². The molecular formula is C20H20BrN3O4. The van der Waals surface area contributed by atoms with Crippen LogP contribution >= 0.6 is 15.9 Å². The van der Waals surface area contributed by atoms with Crippen molar-refractivity contribution in [2.75, 3.05) is 13.2 Å². The Morgan fingerprint density at radius 3 is 2.86 bits per heavy atom. The lowest BCUT2D eigenvalue weighted by Crippen LogP contribution is -2.34. The zero-order valence-electron chi connectivity index (χ0n) is 15.2. The van der Waals surface area contributed by atoms with Crippen LogP contribution in [0.2, 0.25) is 0 Å². The number of amides is 2. The maximum atomic E-state index is 12.6. The molecule has 1 aliphatic heterocycles. The smallest absolute Gasteiger partial charge is 0.253 e. The highest BCUT2D eigenvalue weighted by atomic mass is 79.9. The first-order chi connectivity index (χ1) is 13.5. The largest absolute Gasteiger partial charge is 0.504 e. The fourth-order valence-electron chi connectivity index (χ4n) is 3.13. The van der Waals surface area contributed by atoms with Gasteiger partial charge in [0.1, 0.15) is 5.92 Å². The number of benzene rings is 2. The summed E-state index contributed by atoms with van der Waals surface area (Å²) in [4.78, 5) is 24.7. The minimum absolute atomic E-state index is 0.0798. The van der Waals surface area contributed by atoms with Crippen LogP contribution in [0.3, 0.4) is 0 Å². The highest BCUT2D eigenvalue weighted by Gasteiger charge is 2.40. The SMILES string of the molecule is CCOc1cc(Br)cc(/C=N/NC(=O)[C@@H]2C(=O)NC[C@H]2c2ccccc2)c1O. The van der Waals surface area contributed by atoms with Crippen molar-refractivity contribution in [3.8, 4) is 11.5 Å². The average molecular weight is 446 g/mol. The summed E-state index contributed by atoms with van der Waals surface area (Å²) in [5.41, 5.74) is 3.69.